The molecule has 2 aromatic rings. The van der Waals surface area contributed by atoms with Crippen molar-refractivity contribution in [3.63, 3.8) is 0 Å². The molecule has 0 spiro atoms. The third-order valence-corrected chi connectivity index (χ3v) is 3.42. The molecule has 0 aliphatic heterocycles. The van der Waals surface area contributed by atoms with Crippen LogP contribution in [0.1, 0.15) is 18.5 Å². The van der Waals surface area contributed by atoms with Crippen molar-refractivity contribution < 1.29 is 4.79 Å². The molecule has 17 heavy (non-hydrogen) atoms. The van der Waals surface area contributed by atoms with Gasteiger partial charge in [-0.3, -0.25) is 9.48 Å². The number of ketones is 1. The lowest BCUT2D eigenvalue weighted by Gasteiger charge is -2.32. The standard InChI is InChI=1S/C13H11N3O/c1-16-11-5-3-2-4-10(11)12(15-16)13(8-14)6-9(17)7-13/h2-5H,6-7H2,1H3. The number of nitriles is 1. The molecule has 1 saturated carbocycles. The molecule has 0 amide bonds. The number of hydrogen-bond acceptors (Lipinski definition) is 3. The summed E-state index contributed by atoms with van der Waals surface area (Å²) in [5.41, 5.74) is 1.05. The van der Waals surface area contributed by atoms with E-state index in [2.05, 4.69) is 11.2 Å². The van der Waals surface area contributed by atoms with E-state index < -0.39 is 5.41 Å². The summed E-state index contributed by atoms with van der Waals surface area (Å²) in [5.74, 6) is 0.140. The van der Waals surface area contributed by atoms with Gasteiger partial charge in [0.25, 0.3) is 0 Å². The molecule has 1 aliphatic rings. The van der Waals surface area contributed by atoms with Crippen LogP contribution in [-0.2, 0) is 17.3 Å². The molecule has 0 N–H and O–H groups in total. The van der Waals surface area contributed by atoms with E-state index in [0.717, 1.165) is 16.6 Å². The first-order valence-electron chi connectivity index (χ1n) is 5.51. The Bertz CT molecular complexity index is 655. The monoisotopic (exact) mass is 225 g/mol. The van der Waals surface area contributed by atoms with Gasteiger partial charge in [-0.1, -0.05) is 18.2 Å². The van der Waals surface area contributed by atoms with Crippen molar-refractivity contribution in [2.75, 3.05) is 0 Å². The van der Waals surface area contributed by atoms with Crippen molar-refractivity contribution in [1.29, 1.82) is 5.26 Å². The summed E-state index contributed by atoms with van der Waals surface area (Å²) in [6.45, 7) is 0. The van der Waals surface area contributed by atoms with Crippen LogP contribution in [0.4, 0.5) is 0 Å². The molecule has 1 aromatic heterocycles. The minimum Gasteiger partial charge on any atom is -0.300 e. The van der Waals surface area contributed by atoms with Crippen molar-refractivity contribution in [2.45, 2.75) is 18.3 Å². The third kappa shape index (κ3) is 1.22. The number of rotatable bonds is 1. The van der Waals surface area contributed by atoms with Crippen LogP contribution in [0.25, 0.3) is 10.9 Å². The Balaban J connectivity index is 2.25. The highest BCUT2D eigenvalue weighted by atomic mass is 16.1. The molecule has 1 heterocycles. The Labute approximate surface area is 98.5 Å². The number of carbonyl (C=O) groups excluding carboxylic acids is 1. The Hall–Kier alpha value is -2.15. The van der Waals surface area contributed by atoms with Crippen molar-refractivity contribution in [3.05, 3.63) is 30.0 Å². The summed E-state index contributed by atoms with van der Waals surface area (Å²) in [6.07, 6.45) is 0.592. The maximum absolute atomic E-state index is 11.2. The van der Waals surface area contributed by atoms with Crippen LogP contribution >= 0.6 is 0 Å². The minimum absolute atomic E-state index is 0.140. The zero-order chi connectivity index (χ0) is 12.0. The number of fused-ring (bicyclic) bond motifs is 1. The number of para-hydroxylation sites is 1. The van der Waals surface area contributed by atoms with Crippen LogP contribution in [0.5, 0.6) is 0 Å². The van der Waals surface area contributed by atoms with Crippen LogP contribution in [0.3, 0.4) is 0 Å². The van der Waals surface area contributed by atoms with Gasteiger partial charge >= 0.3 is 0 Å². The van der Waals surface area contributed by atoms with Gasteiger partial charge in [-0.2, -0.15) is 10.4 Å². The molecule has 0 saturated heterocycles. The fourth-order valence-corrected chi connectivity index (χ4v) is 2.49. The van der Waals surface area contributed by atoms with E-state index >= 15 is 0 Å². The van der Waals surface area contributed by atoms with E-state index in [-0.39, 0.29) is 5.78 Å². The molecular formula is C13H11N3O. The Morgan fingerprint density at radius 3 is 2.76 bits per heavy atom. The van der Waals surface area contributed by atoms with Crippen LogP contribution in [0, 0.1) is 11.3 Å². The van der Waals surface area contributed by atoms with E-state index in [1.807, 2.05) is 31.3 Å². The molecular weight excluding hydrogens is 214 g/mol. The van der Waals surface area contributed by atoms with Crippen LogP contribution in [0.2, 0.25) is 0 Å². The van der Waals surface area contributed by atoms with Crippen LogP contribution in [0.15, 0.2) is 24.3 Å². The topological polar surface area (TPSA) is 58.7 Å². The molecule has 0 atom stereocenters. The summed E-state index contributed by atoms with van der Waals surface area (Å²) >= 11 is 0. The molecule has 0 bridgehead atoms. The smallest absolute Gasteiger partial charge is 0.136 e. The fourth-order valence-electron chi connectivity index (χ4n) is 2.49. The maximum atomic E-state index is 11.2. The molecule has 0 unspecified atom stereocenters. The van der Waals surface area contributed by atoms with Gasteiger partial charge in [0.1, 0.15) is 11.2 Å². The van der Waals surface area contributed by atoms with Crippen molar-refractivity contribution in [2.24, 2.45) is 7.05 Å². The Morgan fingerprint density at radius 1 is 1.41 bits per heavy atom. The number of nitrogens with zero attached hydrogens (tertiary/aromatic N) is 3. The van der Waals surface area contributed by atoms with Crippen molar-refractivity contribution in [3.8, 4) is 6.07 Å². The molecule has 3 rings (SSSR count). The van der Waals surface area contributed by atoms with Gasteiger partial charge < -0.3 is 0 Å². The van der Waals surface area contributed by atoms with E-state index in [0.29, 0.717) is 12.8 Å². The van der Waals surface area contributed by atoms with Gasteiger partial charge in [0, 0.05) is 25.3 Å². The normalized spacial score (nSPS) is 17.8. The zero-order valence-corrected chi connectivity index (χ0v) is 9.47. The third-order valence-electron chi connectivity index (χ3n) is 3.42. The molecule has 1 aliphatic carbocycles. The SMILES string of the molecule is Cn1nc(C2(C#N)CC(=O)C2)c2ccccc21. The first kappa shape index (κ1) is 10.0. The lowest BCUT2D eigenvalue weighted by Crippen LogP contribution is -2.40. The number of Topliss-reactive ketones (excluding diaryl/α,β-unsaturated/α-hetero) is 1. The Morgan fingerprint density at radius 2 is 2.12 bits per heavy atom. The quantitative estimate of drug-likeness (QED) is 0.742. The summed E-state index contributed by atoms with van der Waals surface area (Å²) in [5, 5.41) is 14.7. The van der Waals surface area contributed by atoms with Gasteiger partial charge in [0.05, 0.1) is 17.3 Å². The summed E-state index contributed by atoms with van der Waals surface area (Å²) < 4.78 is 1.77. The number of hydrogen-bond donors (Lipinski definition) is 0. The van der Waals surface area contributed by atoms with Crippen LogP contribution < -0.4 is 0 Å². The maximum Gasteiger partial charge on any atom is 0.136 e. The lowest BCUT2D eigenvalue weighted by atomic mass is 9.66. The number of carbonyl (C=O) groups is 1. The molecule has 1 aromatic carbocycles. The van der Waals surface area contributed by atoms with Gasteiger partial charge in [-0.15, -0.1) is 0 Å². The Kier molecular flexibility index (Phi) is 1.87. The van der Waals surface area contributed by atoms with Gasteiger partial charge in [-0.05, 0) is 6.07 Å². The molecule has 84 valence electrons. The number of aromatic nitrogens is 2. The number of benzene rings is 1. The summed E-state index contributed by atoms with van der Waals surface area (Å²) in [4.78, 5) is 11.2. The molecule has 4 heteroatoms. The van der Waals surface area contributed by atoms with E-state index in [9.17, 15) is 10.1 Å². The van der Waals surface area contributed by atoms with Gasteiger partial charge in [-0.25, -0.2) is 0 Å². The average Bonchev–Trinajstić information content (AvgIpc) is 2.64. The minimum atomic E-state index is -0.696. The predicted octanol–water partition coefficient (Wildman–Crippen LogP) is 1.70. The second kappa shape index (κ2) is 3.17. The second-order valence-electron chi connectivity index (χ2n) is 4.58. The van der Waals surface area contributed by atoms with Crippen molar-refractivity contribution in [1.82, 2.24) is 9.78 Å². The highest BCUT2D eigenvalue weighted by molar-refractivity contribution is 5.93. The summed E-state index contributed by atoms with van der Waals surface area (Å²) in [7, 11) is 1.86. The first-order valence-corrected chi connectivity index (χ1v) is 5.51. The second-order valence-corrected chi connectivity index (χ2v) is 4.58. The largest absolute Gasteiger partial charge is 0.300 e. The van der Waals surface area contributed by atoms with E-state index in [1.165, 1.54) is 0 Å². The molecule has 0 radical (unpaired) electrons. The van der Waals surface area contributed by atoms with Crippen molar-refractivity contribution >= 4 is 16.7 Å². The highest BCUT2D eigenvalue weighted by Crippen LogP contribution is 2.42. The molecule has 1 fully saturated rings. The summed E-state index contributed by atoms with van der Waals surface area (Å²) in [6, 6.07) is 10.1. The number of aryl methyl sites for hydroxylation is 1. The fraction of sp³-hybridized carbons (Fsp3) is 0.308. The van der Waals surface area contributed by atoms with Gasteiger partial charge in [0.2, 0.25) is 0 Å². The predicted molar refractivity (Wildman–Crippen MR) is 62.2 cm³/mol. The molecule has 4 nitrogen and oxygen atoms in total. The first-order chi connectivity index (χ1) is 8.16. The van der Waals surface area contributed by atoms with E-state index in [1.54, 1.807) is 4.68 Å². The average molecular weight is 225 g/mol. The zero-order valence-electron chi connectivity index (χ0n) is 9.47. The van der Waals surface area contributed by atoms with Crippen LogP contribution in [-0.4, -0.2) is 15.6 Å². The lowest BCUT2D eigenvalue weighted by molar-refractivity contribution is -0.126. The van der Waals surface area contributed by atoms with Gasteiger partial charge in [0.15, 0.2) is 0 Å². The van der Waals surface area contributed by atoms with E-state index in [4.69, 9.17) is 0 Å². The highest BCUT2D eigenvalue weighted by Gasteiger charge is 2.48.